The summed E-state index contributed by atoms with van der Waals surface area (Å²) in [6.45, 7) is 6.54. The van der Waals surface area contributed by atoms with Crippen LogP contribution in [-0.4, -0.2) is 0 Å². The summed E-state index contributed by atoms with van der Waals surface area (Å²) in [6, 6.07) is 6.48. The van der Waals surface area contributed by atoms with Crippen molar-refractivity contribution >= 4 is 11.3 Å². The van der Waals surface area contributed by atoms with Gasteiger partial charge in [-0.1, -0.05) is 31.7 Å². The number of hydrogen-bond acceptors (Lipinski definition) is 1. The topological polar surface area (TPSA) is 26.0 Å². The average Bonchev–Trinajstić information content (AvgIpc) is 3.20. The van der Waals surface area contributed by atoms with E-state index in [4.69, 9.17) is 5.73 Å². The highest BCUT2D eigenvalue weighted by molar-refractivity contribution is 5.78. The second kappa shape index (κ2) is 3.90. The number of benzene rings is 1. The van der Waals surface area contributed by atoms with Crippen molar-refractivity contribution in [2.24, 2.45) is 11.8 Å². The first-order chi connectivity index (χ1) is 8.18. The van der Waals surface area contributed by atoms with E-state index < -0.39 is 0 Å². The molecule has 2 aliphatic rings. The summed E-state index contributed by atoms with van der Waals surface area (Å²) >= 11 is 0. The maximum atomic E-state index is 6.36. The van der Waals surface area contributed by atoms with Gasteiger partial charge in [-0.15, -0.1) is 0 Å². The summed E-state index contributed by atoms with van der Waals surface area (Å²) in [6.07, 6.45) is 5.32. The van der Waals surface area contributed by atoms with Gasteiger partial charge < -0.3 is 5.73 Å². The minimum Gasteiger partial charge on any atom is -0.398 e. The second-order valence-electron chi connectivity index (χ2n) is 5.73. The lowest BCUT2D eigenvalue weighted by atomic mass is 9.90. The zero-order chi connectivity index (χ0) is 12.0. The lowest BCUT2D eigenvalue weighted by Crippen LogP contribution is -2.04. The molecule has 1 aromatic carbocycles. The Kier molecular flexibility index (Phi) is 2.50. The van der Waals surface area contributed by atoms with Crippen LogP contribution in [-0.2, 0) is 0 Å². The molecule has 2 saturated carbocycles. The van der Waals surface area contributed by atoms with E-state index in [1.807, 2.05) is 0 Å². The van der Waals surface area contributed by atoms with Crippen molar-refractivity contribution in [1.82, 2.24) is 0 Å². The SMILES string of the molecule is C=C(c1cccc(C(C)C2CC2)c1N)C1CC1. The first-order valence-corrected chi connectivity index (χ1v) is 6.76. The molecule has 0 heterocycles. The van der Waals surface area contributed by atoms with E-state index in [0.29, 0.717) is 11.8 Å². The van der Waals surface area contributed by atoms with Gasteiger partial charge in [0, 0.05) is 11.3 Å². The third-order valence-electron chi connectivity index (χ3n) is 4.38. The van der Waals surface area contributed by atoms with Gasteiger partial charge in [-0.2, -0.15) is 0 Å². The molecule has 90 valence electrons. The van der Waals surface area contributed by atoms with Gasteiger partial charge in [-0.25, -0.2) is 0 Å². The summed E-state index contributed by atoms with van der Waals surface area (Å²) in [5, 5.41) is 0. The Labute approximate surface area is 104 Å². The average molecular weight is 227 g/mol. The van der Waals surface area contributed by atoms with E-state index in [-0.39, 0.29) is 0 Å². The molecule has 0 saturated heterocycles. The Bertz CT molecular complexity index is 453. The van der Waals surface area contributed by atoms with E-state index in [2.05, 4.69) is 31.7 Å². The lowest BCUT2D eigenvalue weighted by Gasteiger charge is -2.17. The highest BCUT2D eigenvalue weighted by Gasteiger charge is 2.31. The molecule has 0 spiro atoms. The van der Waals surface area contributed by atoms with Crippen molar-refractivity contribution in [3.05, 3.63) is 35.9 Å². The van der Waals surface area contributed by atoms with Crippen molar-refractivity contribution < 1.29 is 0 Å². The first kappa shape index (κ1) is 10.9. The molecular formula is C16H21N. The number of hydrogen-bond donors (Lipinski definition) is 1. The molecule has 2 fully saturated rings. The minimum atomic E-state index is 0.613. The van der Waals surface area contributed by atoms with Gasteiger partial charge in [0.15, 0.2) is 0 Å². The molecule has 3 rings (SSSR count). The van der Waals surface area contributed by atoms with E-state index in [9.17, 15) is 0 Å². The summed E-state index contributed by atoms with van der Waals surface area (Å²) < 4.78 is 0. The molecule has 2 N–H and O–H groups in total. The van der Waals surface area contributed by atoms with Gasteiger partial charge in [-0.3, -0.25) is 0 Å². The number of nitrogens with two attached hydrogens (primary N) is 1. The van der Waals surface area contributed by atoms with E-state index >= 15 is 0 Å². The Balaban J connectivity index is 1.93. The van der Waals surface area contributed by atoms with E-state index in [0.717, 1.165) is 11.6 Å². The molecule has 1 aromatic rings. The minimum absolute atomic E-state index is 0.613. The molecule has 0 aromatic heterocycles. The van der Waals surface area contributed by atoms with Gasteiger partial charge in [0.25, 0.3) is 0 Å². The normalized spacial score (nSPS) is 21.2. The fraction of sp³-hybridized carbons (Fsp3) is 0.500. The van der Waals surface area contributed by atoms with Crippen LogP contribution in [0.3, 0.4) is 0 Å². The standard InChI is InChI=1S/C16H21N/c1-10(12-6-7-12)14-4-3-5-15(16(14)17)11(2)13-8-9-13/h3-5,11-13H,1,6-9,17H2,2H3. The van der Waals surface area contributed by atoms with Gasteiger partial charge in [-0.05, 0) is 54.6 Å². The Morgan fingerprint density at radius 1 is 1.29 bits per heavy atom. The van der Waals surface area contributed by atoms with Crippen LogP contribution in [0.15, 0.2) is 24.8 Å². The van der Waals surface area contributed by atoms with Crippen LogP contribution < -0.4 is 5.73 Å². The molecule has 1 nitrogen and oxygen atoms in total. The van der Waals surface area contributed by atoms with Crippen molar-refractivity contribution in [2.45, 2.75) is 38.5 Å². The number of nitrogen functional groups attached to an aromatic ring is 1. The zero-order valence-corrected chi connectivity index (χ0v) is 10.6. The maximum Gasteiger partial charge on any atom is 0.0425 e. The van der Waals surface area contributed by atoms with Gasteiger partial charge in [0.05, 0.1) is 0 Å². The highest BCUT2D eigenvalue weighted by atomic mass is 14.6. The van der Waals surface area contributed by atoms with Crippen LogP contribution in [0.5, 0.6) is 0 Å². The molecule has 0 bridgehead atoms. The Morgan fingerprint density at radius 3 is 2.59 bits per heavy atom. The monoisotopic (exact) mass is 227 g/mol. The number of para-hydroxylation sites is 1. The summed E-state index contributed by atoms with van der Waals surface area (Å²) in [4.78, 5) is 0. The largest absolute Gasteiger partial charge is 0.398 e. The third kappa shape index (κ3) is 1.99. The van der Waals surface area contributed by atoms with Crippen LogP contribution in [0.1, 0.15) is 49.7 Å². The van der Waals surface area contributed by atoms with Crippen molar-refractivity contribution in [3.8, 4) is 0 Å². The Hall–Kier alpha value is -1.24. The molecule has 17 heavy (non-hydrogen) atoms. The Morgan fingerprint density at radius 2 is 2.00 bits per heavy atom. The quantitative estimate of drug-likeness (QED) is 0.766. The molecule has 1 heteroatoms. The molecule has 1 unspecified atom stereocenters. The van der Waals surface area contributed by atoms with Gasteiger partial charge >= 0.3 is 0 Å². The molecule has 0 aliphatic heterocycles. The number of anilines is 1. The lowest BCUT2D eigenvalue weighted by molar-refractivity contribution is 0.666. The van der Waals surface area contributed by atoms with Crippen molar-refractivity contribution in [1.29, 1.82) is 0 Å². The van der Waals surface area contributed by atoms with Crippen molar-refractivity contribution in [2.75, 3.05) is 5.73 Å². The predicted octanol–water partition coefficient (Wildman–Crippen LogP) is 4.21. The van der Waals surface area contributed by atoms with Gasteiger partial charge in [0.2, 0.25) is 0 Å². The van der Waals surface area contributed by atoms with Crippen LogP contribution >= 0.6 is 0 Å². The summed E-state index contributed by atoms with van der Waals surface area (Å²) in [5.74, 6) is 2.17. The smallest absolute Gasteiger partial charge is 0.0425 e. The zero-order valence-electron chi connectivity index (χ0n) is 10.6. The van der Waals surface area contributed by atoms with Gasteiger partial charge in [0.1, 0.15) is 0 Å². The van der Waals surface area contributed by atoms with E-state index in [1.54, 1.807) is 0 Å². The number of rotatable bonds is 4. The third-order valence-corrected chi connectivity index (χ3v) is 4.38. The predicted molar refractivity (Wildman–Crippen MR) is 73.8 cm³/mol. The van der Waals surface area contributed by atoms with Crippen molar-refractivity contribution in [3.63, 3.8) is 0 Å². The molecule has 1 atom stereocenters. The second-order valence-corrected chi connectivity index (χ2v) is 5.73. The van der Waals surface area contributed by atoms with Crippen LogP contribution in [0.2, 0.25) is 0 Å². The molecule has 2 aliphatic carbocycles. The van der Waals surface area contributed by atoms with Crippen LogP contribution in [0.4, 0.5) is 5.69 Å². The fourth-order valence-electron chi connectivity index (χ4n) is 2.76. The molecular weight excluding hydrogens is 206 g/mol. The summed E-state index contributed by atoms with van der Waals surface area (Å²) in [5.41, 5.74) is 11.1. The molecule has 0 radical (unpaired) electrons. The fourth-order valence-corrected chi connectivity index (χ4v) is 2.76. The first-order valence-electron chi connectivity index (χ1n) is 6.76. The molecule has 0 amide bonds. The summed E-state index contributed by atoms with van der Waals surface area (Å²) in [7, 11) is 0. The van der Waals surface area contributed by atoms with E-state index in [1.165, 1.54) is 42.4 Å². The van der Waals surface area contributed by atoms with Crippen LogP contribution in [0, 0.1) is 11.8 Å². The number of allylic oxidation sites excluding steroid dienone is 1. The highest BCUT2D eigenvalue weighted by Crippen LogP contribution is 2.47. The maximum absolute atomic E-state index is 6.36. The van der Waals surface area contributed by atoms with Crippen LogP contribution in [0.25, 0.3) is 5.57 Å².